The maximum Gasteiger partial charge on any atom is 0.407 e. The molecular formula is C17H37N3O2. The Morgan fingerprint density at radius 2 is 1.59 bits per heavy atom. The SMILES string of the molecule is CCNC(COC(=O)NCCCCCCNC(C)C)C(C)C. The van der Waals surface area contributed by atoms with Gasteiger partial charge in [-0.15, -0.1) is 0 Å². The van der Waals surface area contributed by atoms with Gasteiger partial charge in [-0.05, 0) is 31.8 Å². The topological polar surface area (TPSA) is 62.4 Å². The van der Waals surface area contributed by atoms with Gasteiger partial charge in [-0.2, -0.15) is 0 Å². The van der Waals surface area contributed by atoms with Crippen molar-refractivity contribution in [3.8, 4) is 0 Å². The number of alkyl carbamates (subject to hydrolysis) is 1. The first-order chi connectivity index (χ1) is 10.5. The number of hydrogen-bond acceptors (Lipinski definition) is 4. The summed E-state index contributed by atoms with van der Waals surface area (Å²) in [6, 6.07) is 0.789. The summed E-state index contributed by atoms with van der Waals surface area (Å²) in [5.41, 5.74) is 0. The van der Waals surface area contributed by atoms with Gasteiger partial charge in [-0.3, -0.25) is 0 Å². The smallest absolute Gasteiger partial charge is 0.407 e. The van der Waals surface area contributed by atoms with Gasteiger partial charge in [0.2, 0.25) is 0 Å². The second kappa shape index (κ2) is 13.8. The number of carbonyl (C=O) groups is 1. The summed E-state index contributed by atoms with van der Waals surface area (Å²) in [4.78, 5) is 11.6. The van der Waals surface area contributed by atoms with Gasteiger partial charge in [-0.25, -0.2) is 4.79 Å². The largest absolute Gasteiger partial charge is 0.448 e. The van der Waals surface area contributed by atoms with Crippen LogP contribution in [0.25, 0.3) is 0 Å². The highest BCUT2D eigenvalue weighted by Gasteiger charge is 2.14. The van der Waals surface area contributed by atoms with E-state index < -0.39 is 0 Å². The molecule has 0 rings (SSSR count). The molecule has 0 saturated heterocycles. The van der Waals surface area contributed by atoms with E-state index in [0.29, 0.717) is 25.1 Å². The highest BCUT2D eigenvalue weighted by Crippen LogP contribution is 2.02. The number of nitrogens with one attached hydrogen (secondary N) is 3. The van der Waals surface area contributed by atoms with E-state index in [2.05, 4.69) is 50.6 Å². The van der Waals surface area contributed by atoms with Crippen LogP contribution in [-0.2, 0) is 4.74 Å². The summed E-state index contributed by atoms with van der Waals surface area (Å²) in [6.07, 6.45) is 4.25. The van der Waals surface area contributed by atoms with E-state index in [0.717, 1.165) is 25.9 Å². The van der Waals surface area contributed by atoms with Gasteiger partial charge in [0.1, 0.15) is 6.61 Å². The number of hydrogen-bond donors (Lipinski definition) is 3. The molecule has 0 aromatic heterocycles. The van der Waals surface area contributed by atoms with Crippen LogP contribution in [0.15, 0.2) is 0 Å². The molecule has 5 heteroatoms. The molecule has 0 bridgehead atoms. The predicted molar refractivity (Wildman–Crippen MR) is 93.3 cm³/mol. The van der Waals surface area contributed by atoms with E-state index in [4.69, 9.17) is 4.74 Å². The number of carbonyl (C=O) groups excluding carboxylic acids is 1. The molecule has 0 aliphatic carbocycles. The van der Waals surface area contributed by atoms with Crippen LogP contribution in [0.1, 0.15) is 60.3 Å². The minimum Gasteiger partial charge on any atom is -0.448 e. The van der Waals surface area contributed by atoms with E-state index in [1.165, 1.54) is 12.8 Å². The molecule has 0 fully saturated rings. The highest BCUT2D eigenvalue weighted by molar-refractivity contribution is 5.67. The predicted octanol–water partition coefficient (Wildman–Crippen LogP) is 2.91. The first kappa shape index (κ1) is 21.2. The molecule has 0 radical (unpaired) electrons. The van der Waals surface area contributed by atoms with Crippen molar-refractivity contribution in [1.82, 2.24) is 16.0 Å². The molecule has 132 valence electrons. The molecule has 1 atom stereocenters. The fraction of sp³-hybridized carbons (Fsp3) is 0.941. The lowest BCUT2D eigenvalue weighted by Crippen LogP contribution is -2.40. The Hall–Kier alpha value is -0.810. The zero-order chi connectivity index (χ0) is 16.8. The monoisotopic (exact) mass is 315 g/mol. The minimum absolute atomic E-state index is 0.226. The van der Waals surface area contributed by atoms with E-state index in [9.17, 15) is 4.79 Å². The van der Waals surface area contributed by atoms with Gasteiger partial charge in [0.15, 0.2) is 0 Å². The second-order valence-corrected chi connectivity index (χ2v) is 6.46. The molecule has 3 N–H and O–H groups in total. The lowest BCUT2D eigenvalue weighted by atomic mass is 10.1. The molecule has 1 amide bonds. The van der Waals surface area contributed by atoms with Crippen LogP contribution in [0.3, 0.4) is 0 Å². The minimum atomic E-state index is -0.301. The van der Waals surface area contributed by atoms with Crippen molar-refractivity contribution in [2.24, 2.45) is 5.92 Å². The van der Waals surface area contributed by atoms with Crippen LogP contribution < -0.4 is 16.0 Å². The Morgan fingerprint density at radius 3 is 2.14 bits per heavy atom. The van der Waals surface area contributed by atoms with E-state index in [-0.39, 0.29) is 12.1 Å². The van der Waals surface area contributed by atoms with Crippen LogP contribution in [0.5, 0.6) is 0 Å². The van der Waals surface area contributed by atoms with E-state index >= 15 is 0 Å². The van der Waals surface area contributed by atoms with Crippen LogP contribution >= 0.6 is 0 Å². The Bertz CT molecular complexity index is 271. The number of amides is 1. The summed E-state index contributed by atoms with van der Waals surface area (Å²) in [5, 5.41) is 9.56. The zero-order valence-corrected chi connectivity index (χ0v) is 15.2. The first-order valence-electron chi connectivity index (χ1n) is 8.84. The van der Waals surface area contributed by atoms with Crippen molar-refractivity contribution in [2.75, 3.05) is 26.2 Å². The van der Waals surface area contributed by atoms with Gasteiger partial charge in [0.05, 0.1) is 0 Å². The molecule has 5 nitrogen and oxygen atoms in total. The summed E-state index contributed by atoms with van der Waals surface area (Å²) in [5.74, 6) is 0.451. The molecule has 22 heavy (non-hydrogen) atoms. The summed E-state index contributed by atoms with van der Waals surface area (Å²) >= 11 is 0. The molecule has 1 unspecified atom stereocenters. The van der Waals surface area contributed by atoms with Gasteiger partial charge in [0, 0.05) is 18.6 Å². The first-order valence-corrected chi connectivity index (χ1v) is 8.84. The molecule has 0 spiro atoms. The summed E-state index contributed by atoms with van der Waals surface area (Å²) in [7, 11) is 0. The van der Waals surface area contributed by atoms with Crippen molar-refractivity contribution >= 4 is 6.09 Å². The molecule has 0 aliphatic heterocycles. The summed E-state index contributed by atoms with van der Waals surface area (Å²) in [6.45, 7) is 13.7. The van der Waals surface area contributed by atoms with Crippen molar-refractivity contribution in [2.45, 2.75) is 72.4 Å². The van der Waals surface area contributed by atoms with Crippen LogP contribution in [0.2, 0.25) is 0 Å². The van der Waals surface area contributed by atoms with E-state index in [1.807, 2.05) is 0 Å². The molecule has 0 aromatic carbocycles. The third kappa shape index (κ3) is 12.9. The second-order valence-electron chi connectivity index (χ2n) is 6.46. The third-order valence-electron chi connectivity index (χ3n) is 3.59. The Labute approximate surface area is 137 Å². The fourth-order valence-corrected chi connectivity index (χ4v) is 2.15. The maximum atomic E-state index is 11.6. The van der Waals surface area contributed by atoms with Gasteiger partial charge in [-0.1, -0.05) is 47.5 Å². The quantitative estimate of drug-likeness (QED) is 0.457. The molecule has 0 heterocycles. The molecule has 0 aliphatic rings. The van der Waals surface area contributed by atoms with Crippen molar-refractivity contribution < 1.29 is 9.53 Å². The van der Waals surface area contributed by atoms with Crippen LogP contribution in [-0.4, -0.2) is 44.4 Å². The number of ether oxygens (including phenoxy) is 1. The lowest BCUT2D eigenvalue weighted by molar-refractivity contribution is 0.125. The van der Waals surface area contributed by atoms with Crippen molar-refractivity contribution in [3.63, 3.8) is 0 Å². The van der Waals surface area contributed by atoms with Gasteiger partial charge < -0.3 is 20.7 Å². The van der Waals surface area contributed by atoms with E-state index in [1.54, 1.807) is 0 Å². The van der Waals surface area contributed by atoms with Gasteiger partial charge in [0.25, 0.3) is 0 Å². The normalized spacial score (nSPS) is 12.7. The average Bonchev–Trinajstić information content (AvgIpc) is 2.45. The zero-order valence-electron chi connectivity index (χ0n) is 15.2. The lowest BCUT2D eigenvalue weighted by Gasteiger charge is -2.21. The highest BCUT2D eigenvalue weighted by atomic mass is 16.5. The third-order valence-corrected chi connectivity index (χ3v) is 3.59. The number of rotatable bonds is 13. The van der Waals surface area contributed by atoms with Gasteiger partial charge >= 0.3 is 6.09 Å². The van der Waals surface area contributed by atoms with Crippen molar-refractivity contribution in [1.29, 1.82) is 0 Å². The maximum absolute atomic E-state index is 11.6. The summed E-state index contributed by atoms with van der Waals surface area (Å²) < 4.78 is 5.27. The standard InChI is InChI=1S/C17H37N3O2/c1-6-18-16(14(2)3)13-22-17(21)20-12-10-8-7-9-11-19-15(4)5/h14-16,18-19H,6-13H2,1-5H3,(H,20,21). The molecule has 0 saturated carbocycles. The molecule has 0 aromatic rings. The Morgan fingerprint density at radius 1 is 0.955 bits per heavy atom. The van der Waals surface area contributed by atoms with Crippen LogP contribution in [0.4, 0.5) is 4.79 Å². The van der Waals surface area contributed by atoms with Crippen LogP contribution in [0, 0.1) is 5.92 Å². The molecular weight excluding hydrogens is 278 g/mol. The fourth-order valence-electron chi connectivity index (χ4n) is 2.15. The Kier molecular flexibility index (Phi) is 13.3. The Balaban J connectivity index is 3.49. The number of likely N-dealkylation sites (N-methyl/N-ethyl adjacent to an activating group) is 1. The number of unbranched alkanes of at least 4 members (excludes halogenated alkanes) is 3. The average molecular weight is 316 g/mol. The van der Waals surface area contributed by atoms with Crippen molar-refractivity contribution in [3.05, 3.63) is 0 Å².